The first-order valence-corrected chi connectivity index (χ1v) is 9.01. The maximum atomic E-state index is 12.6. The molecule has 2 N–H and O–H groups in total. The second-order valence-corrected chi connectivity index (χ2v) is 7.10. The van der Waals surface area contributed by atoms with Crippen LogP contribution in [-0.2, 0) is 0 Å². The van der Waals surface area contributed by atoms with Gasteiger partial charge in [0, 0.05) is 23.7 Å². The van der Waals surface area contributed by atoms with Gasteiger partial charge in [0.1, 0.15) is 0 Å². The Morgan fingerprint density at radius 3 is 2.31 bits per heavy atom. The Labute approximate surface area is 157 Å². The average Bonchev–Trinajstić information content (AvgIpc) is 2.63. The Balaban J connectivity index is 1.89. The molecule has 1 saturated heterocycles. The Morgan fingerprint density at radius 1 is 1.08 bits per heavy atom. The summed E-state index contributed by atoms with van der Waals surface area (Å²) in [6.07, 6.45) is 2.15. The lowest BCUT2D eigenvalue weighted by molar-refractivity contribution is 0.0696. The summed E-state index contributed by atoms with van der Waals surface area (Å²) < 4.78 is 0. The van der Waals surface area contributed by atoms with Gasteiger partial charge in [0.2, 0.25) is 0 Å². The van der Waals surface area contributed by atoms with Crippen LogP contribution in [0.25, 0.3) is 0 Å². The highest BCUT2D eigenvalue weighted by Gasteiger charge is 2.20. The molecule has 0 aromatic heterocycles. The number of anilines is 2. The molecule has 0 radical (unpaired) electrons. The van der Waals surface area contributed by atoms with Crippen LogP contribution in [0, 0.1) is 5.92 Å². The van der Waals surface area contributed by atoms with Gasteiger partial charge in [-0.25, -0.2) is 4.79 Å². The average molecular weight is 373 g/mol. The molecule has 5 nitrogen and oxygen atoms in total. The number of nitrogens with zero attached hydrogens (tertiary/aromatic N) is 1. The molecule has 1 amide bonds. The summed E-state index contributed by atoms with van der Waals surface area (Å²) >= 11 is 5.87. The number of aromatic carboxylic acids is 1. The zero-order valence-electron chi connectivity index (χ0n) is 14.5. The van der Waals surface area contributed by atoms with Crippen LogP contribution in [0.1, 0.15) is 40.5 Å². The van der Waals surface area contributed by atoms with Crippen molar-refractivity contribution in [3.05, 3.63) is 58.6 Å². The van der Waals surface area contributed by atoms with E-state index >= 15 is 0 Å². The number of carbonyl (C=O) groups excluding carboxylic acids is 1. The molecule has 0 spiro atoms. The third-order valence-corrected chi connectivity index (χ3v) is 4.97. The lowest BCUT2D eigenvalue weighted by atomic mass is 9.98. The van der Waals surface area contributed by atoms with Crippen molar-refractivity contribution in [1.29, 1.82) is 0 Å². The van der Waals surface area contributed by atoms with E-state index in [1.165, 1.54) is 6.07 Å². The van der Waals surface area contributed by atoms with Crippen molar-refractivity contribution >= 4 is 34.9 Å². The monoisotopic (exact) mass is 372 g/mol. The van der Waals surface area contributed by atoms with Gasteiger partial charge in [-0.15, -0.1) is 0 Å². The molecule has 26 heavy (non-hydrogen) atoms. The van der Waals surface area contributed by atoms with E-state index in [1.807, 2.05) is 0 Å². The van der Waals surface area contributed by atoms with E-state index < -0.39 is 5.97 Å². The van der Waals surface area contributed by atoms with Crippen LogP contribution in [0.3, 0.4) is 0 Å². The molecule has 2 aromatic rings. The van der Waals surface area contributed by atoms with Crippen LogP contribution >= 0.6 is 11.6 Å². The third kappa shape index (κ3) is 4.17. The number of carboxylic acids is 1. The van der Waals surface area contributed by atoms with Crippen LogP contribution in [0.2, 0.25) is 5.02 Å². The van der Waals surface area contributed by atoms with Gasteiger partial charge in [0.15, 0.2) is 0 Å². The molecule has 0 unspecified atom stereocenters. The fourth-order valence-electron chi connectivity index (χ4n) is 3.09. The molecular formula is C20H21ClN2O3. The molecule has 1 aliphatic heterocycles. The fourth-order valence-corrected chi connectivity index (χ4v) is 3.22. The zero-order chi connectivity index (χ0) is 18.7. The smallest absolute Gasteiger partial charge is 0.335 e. The minimum Gasteiger partial charge on any atom is -0.478 e. The second kappa shape index (κ2) is 7.79. The molecule has 136 valence electrons. The number of benzene rings is 2. The SMILES string of the molecule is CC1CCN(c2ccc(C(=O)O)cc2NC(=O)c2ccc(Cl)cc2)CC1. The number of rotatable bonds is 4. The van der Waals surface area contributed by atoms with E-state index in [2.05, 4.69) is 17.1 Å². The summed E-state index contributed by atoms with van der Waals surface area (Å²) in [5, 5.41) is 12.7. The topological polar surface area (TPSA) is 69.6 Å². The number of carboxylic acid groups (broad SMARTS) is 1. The number of piperidine rings is 1. The van der Waals surface area contributed by atoms with Crippen LogP contribution in [0.4, 0.5) is 11.4 Å². The predicted molar refractivity (Wildman–Crippen MR) is 103 cm³/mol. The fraction of sp³-hybridized carbons (Fsp3) is 0.300. The van der Waals surface area contributed by atoms with Crippen molar-refractivity contribution in [3.63, 3.8) is 0 Å². The molecule has 6 heteroatoms. The molecule has 0 bridgehead atoms. The second-order valence-electron chi connectivity index (χ2n) is 6.67. The Kier molecular flexibility index (Phi) is 5.47. The molecule has 1 heterocycles. The van der Waals surface area contributed by atoms with Gasteiger partial charge in [-0.2, -0.15) is 0 Å². The minimum atomic E-state index is -1.02. The lowest BCUT2D eigenvalue weighted by Crippen LogP contribution is -2.33. The van der Waals surface area contributed by atoms with Gasteiger partial charge in [0.05, 0.1) is 16.9 Å². The summed E-state index contributed by atoms with van der Waals surface area (Å²) in [5.41, 5.74) is 1.97. The predicted octanol–water partition coefficient (Wildman–Crippen LogP) is 4.53. The van der Waals surface area contributed by atoms with Crippen LogP contribution in [-0.4, -0.2) is 30.1 Å². The van der Waals surface area contributed by atoms with Crippen LogP contribution < -0.4 is 10.2 Å². The maximum absolute atomic E-state index is 12.6. The van der Waals surface area contributed by atoms with Crippen LogP contribution in [0.5, 0.6) is 0 Å². The molecular weight excluding hydrogens is 352 g/mol. The van der Waals surface area contributed by atoms with Gasteiger partial charge >= 0.3 is 5.97 Å². The summed E-state index contributed by atoms with van der Waals surface area (Å²) in [6, 6.07) is 11.4. The van der Waals surface area contributed by atoms with E-state index in [9.17, 15) is 14.7 Å². The number of halogens is 1. The summed E-state index contributed by atoms with van der Waals surface area (Å²) in [6.45, 7) is 4.00. The number of hydrogen-bond acceptors (Lipinski definition) is 3. The van der Waals surface area contributed by atoms with Crippen LogP contribution in [0.15, 0.2) is 42.5 Å². The molecule has 2 aromatic carbocycles. The summed E-state index contributed by atoms with van der Waals surface area (Å²) in [4.78, 5) is 26.1. The van der Waals surface area contributed by atoms with Crippen molar-refractivity contribution in [1.82, 2.24) is 0 Å². The van der Waals surface area contributed by atoms with E-state index in [-0.39, 0.29) is 11.5 Å². The van der Waals surface area contributed by atoms with Crippen molar-refractivity contribution in [2.24, 2.45) is 5.92 Å². The van der Waals surface area contributed by atoms with E-state index in [0.717, 1.165) is 31.6 Å². The largest absolute Gasteiger partial charge is 0.478 e. The van der Waals surface area contributed by atoms with E-state index in [4.69, 9.17) is 11.6 Å². The molecule has 0 saturated carbocycles. The quantitative estimate of drug-likeness (QED) is 0.827. The molecule has 1 aliphatic rings. The molecule has 0 atom stereocenters. The molecule has 0 aliphatic carbocycles. The molecule has 1 fully saturated rings. The van der Waals surface area contributed by atoms with Crippen molar-refractivity contribution < 1.29 is 14.7 Å². The zero-order valence-corrected chi connectivity index (χ0v) is 15.3. The van der Waals surface area contributed by atoms with Gasteiger partial charge in [-0.05, 0) is 61.2 Å². The third-order valence-electron chi connectivity index (χ3n) is 4.72. The standard InChI is InChI=1S/C20H21ClN2O3/c1-13-8-10-23(11-9-13)18-7-4-15(20(25)26)12-17(18)22-19(24)14-2-5-16(21)6-3-14/h2-7,12-13H,8-11H2,1H3,(H,22,24)(H,25,26). The highest BCUT2D eigenvalue weighted by atomic mass is 35.5. The van der Waals surface area contributed by atoms with Gasteiger partial charge < -0.3 is 15.3 Å². The van der Waals surface area contributed by atoms with Crippen molar-refractivity contribution in [3.8, 4) is 0 Å². The van der Waals surface area contributed by atoms with E-state index in [0.29, 0.717) is 22.2 Å². The Bertz CT molecular complexity index is 812. The van der Waals surface area contributed by atoms with Crippen molar-refractivity contribution in [2.45, 2.75) is 19.8 Å². The highest BCUT2D eigenvalue weighted by molar-refractivity contribution is 6.30. The first-order chi connectivity index (χ1) is 12.4. The van der Waals surface area contributed by atoms with Gasteiger partial charge in [-0.1, -0.05) is 18.5 Å². The Hall–Kier alpha value is -2.53. The maximum Gasteiger partial charge on any atom is 0.335 e. The first kappa shape index (κ1) is 18.3. The number of nitrogens with one attached hydrogen (secondary N) is 1. The summed E-state index contributed by atoms with van der Waals surface area (Å²) in [5.74, 6) is -0.640. The normalized spacial score (nSPS) is 14.9. The number of carbonyl (C=O) groups is 2. The number of hydrogen-bond donors (Lipinski definition) is 2. The lowest BCUT2D eigenvalue weighted by Gasteiger charge is -2.33. The number of amides is 1. The van der Waals surface area contributed by atoms with Crippen molar-refractivity contribution in [2.75, 3.05) is 23.3 Å². The van der Waals surface area contributed by atoms with Gasteiger partial charge in [0.25, 0.3) is 5.91 Å². The first-order valence-electron chi connectivity index (χ1n) is 8.63. The highest BCUT2D eigenvalue weighted by Crippen LogP contribution is 2.31. The van der Waals surface area contributed by atoms with E-state index in [1.54, 1.807) is 36.4 Å². The summed E-state index contributed by atoms with van der Waals surface area (Å²) in [7, 11) is 0. The molecule has 3 rings (SSSR count). The van der Waals surface area contributed by atoms with Gasteiger partial charge in [-0.3, -0.25) is 4.79 Å². The Morgan fingerprint density at radius 2 is 1.69 bits per heavy atom. The minimum absolute atomic E-state index is 0.144.